The van der Waals surface area contributed by atoms with Gasteiger partial charge in [0.15, 0.2) is 0 Å². The first-order valence-electron chi connectivity index (χ1n) is 19.8. The van der Waals surface area contributed by atoms with Gasteiger partial charge >= 0.3 is 23.9 Å². The summed E-state index contributed by atoms with van der Waals surface area (Å²) in [4.78, 5) is 113. The van der Waals surface area contributed by atoms with Gasteiger partial charge < -0.3 is 18.9 Å². The van der Waals surface area contributed by atoms with Crippen LogP contribution in [-0.4, -0.2) is 169 Å². The molecule has 0 aliphatic carbocycles. The maximum absolute atomic E-state index is 13.3. The number of esters is 4. The molecule has 0 unspecified atom stereocenters. The number of likely N-dealkylation sites (tertiary alicyclic amines) is 2. The average Bonchev–Trinajstić information content (AvgIpc) is 4.08. The third-order valence-corrected chi connectivity index (χ3v) is 13.3. The predicted octanol–water partition coefficient (Wildman–Crippen LogP) is -0.300. The van der Waals surface area contributed by atoms with Gasteiger partial charge in [-0.1, -0.05) is 60.7 Å². The van der Waals surface area contributed by atoms with Gasteiger partial charge in [-0.25, -0.2) is 0 Å². The van der Waals surface area contributed by atoms with Crippen LogP contribution in [-0.2, 0) is 70.4 Å². The summed E-state index contributed by atoms with van der Waals surface area (Å²) in [5.41, 5.74) is -0.782. The Balaban J connectivity index is 0.000000181. The zero-order valence-electron chi connectivity index (χ0n) is 34.5. The summed E-state index contributed by atoms with van der Waals surface area (Å²) in [5.74, 6) is -8.39. The topological polar surface area (TPSA) is 193 Å². The van der Waals surface area contributed by atoms with Crippen LogP contribution in [0.15, 0.2) is 60.7 Å². The van der Waals surface area contributed by atoms with Crippen molar-refractivity contribution in [1.82, 2.24) is 29.4 Å². The summed E-state index contributed by atoms with van der Waals surface area (Å²) in [6.45, 7) is 3.16. The number of likely N-dealkylation sites (N-methyl/N-ethyl adjacent to an activating group) is 2. The van der Waals surface area contributed by atoms with E-state index in [1.807, 2.05) is 70.5 Å². The quantitative estimate of drug-likeness (QED) is 0.191. The highest BCUT2D eigenvalue weighted by Gasteiger charge is 2.75. The number of hydrogen-bond acceptors (Lipinski definition) is 16. The van der Waals surface area contributed by atoms with Crippen LogP contribution in [0.5, 0.6) is 0 Å². The zero-order valence-corrected chi connectivity index (χ0v) is 34.5. The number of imide groups is 2. The Morgan fingerprint density at radius 2 is 0.867 bits per heavy atom. The number of rotatable bonds is 8. The molecule has 0 saturated carbocycles. The highest BCUT2D eigenvalue weighted by Crippen LogP contribution is 2.54. The van der Waals surface area contributed by atoms with Crippen LogP contribution >= 0.6 is 0 Å². The first-order valence-corrected chi connectivity index (χ1v) is 19.8. The summed E-state index contributed by atoms with van der Waals surface area (Å²) >= 11 is 0. The zero-order chi connectivity index (χ0) is 43.3. The van der Waals surface area contributed by atoms with Gasteiger partial charge in [0.05, 0.1) is 53.6 Å². The summed E-state index contributed by atoms with van der Waals surface area (Å²) in [6.07, 6.45) is -1.42. The van der Waals surface area contributed by atoms with Crippen LogP contribution in [0.4, 0.5) is 0 Å². The minimum atomic E-state index is -1.44. The van der Waals surface area contributed by atoms with Gasteiger partial charge in [-0.2, -0.15) is 0 Å². The smallest absolute Gasteiger partial charge is 0.312 e. The van der Waals surface area contributed by atoms with Crippen molar-refractivity contribution < 1.29 is 57.3 Å². The summed E-state index contributed by atoms with van der Waals surface area (Å²) in [6, 6.07) is 19.5. The Labute approximate surface area is 347 Å². The normalized spacial score (nSPS) is 31.4. The molecule has 6 heterocycles. The first kappa shape index (κ1) is 42.6. The molecule has 18 nitrogen and oxygen atoms in total. The lowest BCUT2D eigenvalue weighted by atomic mass is 9.77. The largest absolute Gasteiger partial charge is 0.469 e. The molecule has 320 valence electrons. The Kier molecular flexibility index (Phi) is 11.7. The molecule has 8 rings (SSSR count). The van der Waals surface area contributed by atoms with Gasteiger partial charge in [-0.05, 0) is 11.1 Å². The monoisotopic (exact) mass is 830 g/mol. The van der Waals surface area contributed by atoms with Gasteiger partial charge in [-0.3, -0.25) is 67.8 Å². The lowest BCUT2D eigenvalue weighted by molar-refractivity contribution is -0.161. The third kappa shape index (κ3) is 6.47. The van der Waals surface area contributed by atoms with E-state index in [0.717, 1.165) is 20.9 Å². The second-order valence-corrected chi connectivity index (χ2v) is 15.9. The fourth-order valence-corrected chi connectivity index (χ4v) is 10.7. The highest BCUT2D eigenvalue weighted by molar-refractivity contribution is 6.12. The lowest BCUT2D eigenvalue weighted by Crippen LogP contribution is -2.56. The van der Waals surface area contributed by atoms with Gasteiger partial charge in [-0.15, -0.1) is 0 Å². The molecular weight excluding hydrogens is 780 g/mol. The van der Waals surface area contributed by atoms with Crippen LogP contribution in [0.25, 0.3) is 0 Å². The molecule has 8 atom stereocenters. The number of nitrogens with zero attached hydrogens (tertiary/aromatic N) is 6. The molecule has 6 fully saturated rings. The lowest BCUT2D eigenvalue weighted by Gasteiger charge is -2.34. The van der Waals surface area contributed by atoms with Gasteiger partial charge in [0, 0.05) is 53.4 Å². The number of amides is 4. The van der Waals surface area contributed by atoms with Crippen molar-refractivity contribution in [1.29, 1.82) is 0 Å². The Morgan fingerprint density at radius 3 is 1.15 bits per heavy atom. The number of methoxy groups -OCH3 is 4. The maximum atomic E-state index is 13.3. The van der Waals surface area contributed by atoms with E-state index in [2.05, 4.69) is 9.80 Å². The van der Waals surface area contributed by atoms with E-state index < -0.39 is 82.8 Å². The van der Waals surface area contributed by atoms with Crippen LogP contribution in [0, 0.1) is 23.7 Å². The molecular formula is C42H50N6O12. The molecule has 6 aliphatic heterocycles. The number of carbonyl (C=O) groups is 8. The van der Waals surface area contributed by atoms with Gasteiger partial charge in [0.25, 0.3) is 11.8 Å². The maximum Gasteiger partial charge on any atom is 0.312 e. The van der Waals surface area contributed by atoms with Crippen LogP contribution < -0.4 is 0 Å². The van der Waals surface area contributed by atoms with E-state index in [9.17, 15) is 38.4 Å². The number of hydrogen-bond donors (Lipinski definition) is 0. The van der Waals surface area contributed by atoms with Crippen molar-refractivity contribution in [2.24, 2.45) is 23.7 Å². The van der Waals surface area contributed by atoms with Crippen molar-refractivity contribution >= 4 is 47.5 Å². The second kappa shape index (κ2) is 16.5. The predicted molar refractivity (Wildman–Crippen MR) is 207 cm³/mol. The fourth-order valence-electron chi connectivity index (χ4n) is 10.7. The number of carbonyl (C=O) groups excluding carboxylic acids is 8. The molecule has 2 spiro atoms. The first-order chi connectivity index (χ1) is 28.7. The number of fused-ring (bicyclic) bond motifs is 4. The molecule has 0 bridgehead atoms. The standard InChI is InChI=1S/2C21H25N3O6/c2*1-22-14(25)11-21(20(22)28)16(19(27)30-3)15(18(26)29-2)17-23(9-10-24(17)21)12-13-7-5-4-6-8-13/h2*4-8,15-17H,9-12H2,1-3H3/t2*15-,16+,17+,21+/m10/s1. The van der Waals surface area contributed by atoms with Crippen molar-refractivity contribution in [3.8, 4) is 0 Å². The average molecular weight is 831 g/mol. The molecule has 0 aromatic heterocycles. The van der Waals surface area contributed by atoms with Gasteiger partial charge in [0.1, 0.15) is 34.7 Å². The van der Waals surface area contributed by atoms with Crippen molar-refractivity contribution in [3.05, 3.63) is 71.8 Å². The van der Waals surface area contributed by atoms with Crippen LogP contribution in [0.2, 0.25) is 0 Å². The van der Waals surface area contributed by atoms with Crippen molar-refractivity contribution in [3.63, 3.8) is 0 Å². The minimum absolute atomic E-state index is 0.161. The van der Waals surface area contributed by atoms with Crippen LogP contribution in [0.1, 0.15) is 24.0 Å². The van der Waals surface area contributed by atoms with E-state index in [-0.39, 0.29) is 24.7 Å². The molecule has 6 saturated heterocycles. The van der Waals surface area contributed by atoms with E-state index >= 15 is 0 Å². The van der Waals surface area contributed by atoms with E-state index in [0.29, 0.717) is 39.3 Å². The third-order valence-electron chi connectivity index (χ3n) is 13.3. The molecule has 18 heteroatoms. The number of ether oxygens (including phenoxy) is 4. The number of benzene rings is 2. The molecule has 2 aromatic rings. The Morgan fingerprint density at radius 1 is 0.533 bits per heavy atom. The van der Waals surface area contributed by atoms with E-state index in [4.69, 9.17) is 18.9 Å². The van der Waals surface area contributed by atoms with Crippen molar-refractivity contribution in [2.45, 2.75) is 49.3 Å². The Hall–Kier alpha value is -5.56. The minimum Gasteiger partial charge on any atom is -0.469 e. The fraction of sp³-hybridized carbons (Fsp3) is 0.524. The molecule has 0 N–H and O–H groups in total. The molecule has 6 aliphatic rings. The molecule has 2 aromatic carbocycles. The Bertz CT molecular complexity index is 1930. The molecule has 0 radical (unpaired) electrons. The second-order valence-electron chi connectivity index (χ2n) is 15.9. The van der Waals surface area contributed by atoms with Gasteiger partial charge in [0.2, 0.25) is 11.8 Å². The summed E-state index contributed by atoms with van der Waals surface area (Å²) < 4.78 is 20.1. The van der Waals surface area contributed by atoms with E-state index in [1.54, 1.807) is 0 Å². The highest BCUT2D eigenvalue weighted by atomic mass is 16.5. The van der Waals surface area contributed by atoms with Crippen LogP contribution in [0.3, 0.4) is 0 Å². The molecule has 4 amide bonds. The molecule has 60 heavy (non-hydrogen) atoms. The summed E-state index contributed by atoms with van der Waals surface area (Å²) in [7, 11) is 7.78. The van der Waals surface area contributed by atoms with E-state index in [1.165, 1.54) is 42.5 Å². The van der Waals surface area contributed by atoms with Crippen molar-refractivity contribution in [2.75, 3.05) is 68.7 Å². The SMILES string of the molecule is COC(=O)[C@@H]1[C@@H](C(=O)OC)[C@]2(CC(=O)N(C)C2=O)N2CCN(Cc3ccccc3)[C@H]12.COC(=O)[C@@H]1[C@@H]2N(Cc3ccccc3)CCN2[C@]2(CC(=O)N(C)C2=O)[C@H]1C(=O)OC. The summed E-state index contributed by atoms with van der Waals surface area (Å²) in [5, 5.41) is 0.